The van der Waals surface area contributed by atoms with E-state index >= 15 is 0 Å². The summed E-state index contributed by atoms with van der Waals surface area (Å²) in [5.74, 6) is -0.367. The van der Waals surface area contributed by atoms with E-state index in [1.807, 2.05) is 22.8 Å². The number of carbonyl (C=O) groups is 1. The number of fused-ring (bicyclic) bond motifs is 1. The van der Waals surface area contributed by atoms with Gasteiger partial charge in [0.2, 0.25) is 0 Å². The van der Waals surface area contributed by atoms with Gasteiger partial charge in [0.05, 0.1) is 24.8 Å². The molecule has 0 unspecified atom stereocenters. The Hall–Kier alpha value is -1.33. The number of hydrogen-bond acceptors (Lipinski definition) is 3. The lowest BCUT2D eigenvalue weighted by atomic mass is 10.2. The van der Waals surface area contributed by atoms with Crippen LogP contribution >= 0.6 is 15.9 Å². The third-order valence-electron chi connectivity index (χ3n) is 2.59. The number of aromatic nitrogens is 1. The highest BCUT2D eigenvalue weighted by molar-refractivity contribution is 9.10. The lowest BCUT2D eigenvalue weighted by Gasteiger charge is -2.01. The van der Waals surface area contributed by atoms with Crippen molar-refractivity contribution in [1.82, 2.24) is 4.57 Å². The lowest BCUT2D eigenvalue weighted by Crippen LogP contribution is -2.02. The fraction of sp³-hybridized carbons (Fsp3) is 0.250. The van der Waals surface area contributed by atoms with E-state index < -0.39 is 0 Å². The molecule has 0 fully saturated rings. The van der Waals surface area contributed by atoms with Crippen molar-refractivity contribution in [3.8, 4) is 0 Å². The van der Waals surface area contributed by atoms with Gasteiger partial charge in [0, 0.05) is 22.6 Å². The number of aliphatic hydroxyl groups excluding tert-OH is 1. The average molecular weight is 298 g/mol. The average Bonchev–Trinajstić information content (AvgIpc) is 2.67. The van der Waals surface area contributed by atoms with Gasteiger partial charge in [-0.2, -0.15) is 0 Å². The van der Waals surface area contributed by atoms with E-state index in [0.29, 0.717) is 12.1 Å². The van der Waals surface area contributed by atoms with Crippen LogP contribution in [0.25, 0.3) is 10.9 Å². The normalized spacial score (nSPS) is 10.8. The largest absolute Gasteiger partial charge is 0.465 e. The van der Waals surface area contributed by atoms with Crippen molar-refractivity contribution in [3.63, 3.8) is 0 Å². The van der Waals surface area contributed by atoms with Gasteiger partial charge >= 0.3 is 5.97 Å². The fourth-order valence-electron chi connectivity index (χ4n) is 1.83. The maximum Gasteiger partial charge on any atom is 0.340 e. The molecule has 0 spiro atoms. The molecule has 17 heavy (non-hydrogen) atoms. The molecule has 0 aliphatic carbocycles. The molecule has 0 atom stereocenters. The van der Waals surface area contributed by atoms with E-state index in [0.717, 1.165) is 15.4 Å². The Labute approximate surface area is 107 Å². The van der Waals surface area contributed by atoms with Crippen LogP contribution in [0.4, 0.5) is 0 Å². The summed E-state index contributed by atoms with van der Waals surface area (Å²) in [6.45, 7) is 0.473. The number of benzene rings is 1. The number of esters is 1. The Morgan fingerprint density at radius 3 is 2.94 bits per heavy atom. The lowest BCUT2D eigenvalue weighted by molar-refractivity contribution is 0.0602. The van der Waals surface area contributed by atoms with E-state index in [9.17, 15) is 4.79 Å². The molecule has 0 aliphatic heterocycles. The number of halogens is 1. The molecule has 90 valence electrons. The van der Waals surface area contributed by atoms with Crippen molar-refractivity contribution in [2.24, 2.45) is 0 Å². The van der Waals surface area contributed by atoms with Crippen LogP contribution in [-0.4, -0.2) is 29.4 Å². The van der Waals surface area contributed by atoms with E-state index in [1.54, 1.807) is 6.20 Å². The predicted molar refractivity (Wildman–Crippen MR) is 68.1 cm³/mol. The van der Waals surface area contributed by atoms with Gasteiger partial charge in [-0.25, -0.2) is 4.79 Å². The standard InChI is InChI=1S/C12H12BrNO3/c1-17-12(16)10-7-14(4-5-15)11-6-8(13)2-3-9(10)11/h2-3,6-7,15H,4-5H2,1H3. The van der Waals surface area contributed by atoms with Gasteiger partial charge in [-0.05, 0) is 12.1 Å². The minimum absolute atomic E-state index is 0.0247. The topological polar surface area (TPSA) is 51.5 Å². The van der Waals surface area contributed by atoms with Crippen molar-refractivity contribution in [1.29, 1.82) is 0 Å². The van der Waals surface area contributed by atoms with Crippen LogP contribution in [0, 0.1) is 0 Å². The first-order chi connectivity index (χ1) is 8.17. The van der Waals surface area contributed by atoms with Gasteiger partial charge < -0.3 is 14.4 Å². The number of carbonyl (C=O) groups excluding carboxylic acids is 1. The van der Waals surface area contributed by atoms with Crippen LogP contribution in [0.1, 0.15) is 10.4 Å². The highest BCUT2D eigenvalue weighted by Crippen LogP contribution is 2.25. The predicted octanol–water partition coefficient (Wildman–Crippen LogP) is 2.18. The van der Waals surface area contributed by atoms with Gasteiger partial charge in [-0.1, -0.05) is 22.0 Å². The molecule has 1 aromatic heterocycles. The quantitative estimate of drug-likeness (QED) is 0.884. The molecule has 0 aliphatic rings. The third-order valence-corrected chi connectivity index (χ3v) is 3.08. The summed E-state index contributed by atoms with van der Waals surface area (Å²) in [6, 6.07) is 5.65. The highest BCUT2D eigenvalue weighted by Gasteiger charge is 2.15. The number of aliphatic hydroxyl groups is 1. The van der Waals surface area contributed by atoms with Crippen molar-refractivity contribution in [2.45, 2.75) is 6.54 Å². The van der Waals surface area contributed by atoms with Crippen LogP contribution in [-0.2, 0) is 11.3 Å². The molecule has 4 nitrogen and oxygen atoms in total. The van der Waals surface area contributed by atoms with E-state index in [2.05, 4.69) is 15.9 Å². The number of methoxy groups -OCH3 is 1. The third kappa shape index (κ3) is 2.21. The zero-order valence-electron chi connectivity index (χ0n) is 9.31. The minimum atomic E-state index is -0.367. The van der Waals surface area contributed by atoms with Crippen LogP contribution < -0.4 is 0 Å². The van der Waals surface area contributed by atoms with E-state index in [1.165, 1.54) is 7.11 Å². The van der Waals surface area contributed by atoms with Gasteiger partial charge in [-0.3, -0.25) is 0 Å². The van der Waals surface area contributed by atoms with Crippen molar-refractivity contribution >= 4 is 32.8 Å². The van der Waals surface area contributed by atoms with E-state index in [4.69, 9.17) is 9.84 Å². The Kier molecular flexibility index (Phi) is 3.49. The summed E-state index contributed by atoms with van der Waals surface area (Å²) in [5, 5.41) is 9.83. The maximum absolute atomic E-state index is 11.6. The smallest absolute Gasteiger partial charge is 0.340 e. The SMILES string of the molecule is COC(=O)c1cn(CCO)c2cc(Br)ccc12. The molecule has 5 heteroatoms. The molecule has 0 amide bonds. The molecular formula is C12H12BrNO3. The van der Waals surface area contributed by atoms with Crippen LogP contribution in [0.5, 0.6) is 0 Å². The monoisotopic (exact) mass is 297 g/mol. The molecule has 1 heterocycles. The second kappa shape index (κ2) is 4.89. The zero-order chi connectivity index (χ0) is 12.4. The van der Waals surface area contributed by atoms with Gasteiger partial charge in [0.1, 0.15) is 0 Å². The molecular weight excluding hydrogens is 286 g/mol. The Morgan fingerprint density at radius 1 is 1.53 bits per heavy atom. The van der Waals surface area contributed by atoms with Crippen LogP contribution in [0.3, 0.4) is 0 Å². The number of nitrogens with zero attached hydrogens (tertiary/aromatic N) is 1. The first-order valence-corrected chi connectivity index (χ1v) is 5.94. The van der Waals surface area contributed by atoms with Crippen LogP contribution in [0.15, 0.2) is 28.9 Å². The maximum atomic E-state index is 11.6. The first-order valence-electron chi connectivity index (χ1n) is 5.15. The Morgan fingerprint density at radius 2 is 2.29 bits per heavy atom. The number of ether oxygens (including phenoxy) is 1. The zero-order valence-corrected chi connectivity index (χ0v) is 10.9. The Balaban J connectivity index is 2.66. The highest BCUT2D eigenvalue weighted by atomic mass is 79.9. The number of hydrogen-bond donors (Lipinski definition) is 1. The van der Waals surface area contributed by atoms with Crippen molar-refractivity contribution in [3.05, 3.63) is 34.4 Å². The van der Waals surface area contributed by atoms with Crippen LogP contribution in [0.2, 0.25) is 0 Å². The Bertz CT molecular complexity index is 562. The summed E-state index contributed by atoms with van der Waals surface area (Å²) >= 11 is 3.39. The summed E-state index contributed by atoms with van der Waals surface area (Å²) in [6.07, 6.45) is 1.71. The fourth-order valence-corrected chi connectivity index (χ4v) is 2.18. The molecule has 2 aromatic rings. The molecule has 1 N–H and O–H groups in total. The van der Waals surface area contributed by atoms with Crippen molar-refractivity contribution in [2.75, 3.05) is 13.7 Å². The molecule has 0 bridgehead atoms. The minimum Gasteiger partial charge on any atom is -0.465 e. The molecule has 0 radical (unpaired) electrons. The van der Waals surface area contributed by atoms with Gasteiger partial charge in [0.25, 0.3) is 0 Å². The number of rotatable bonds is 3. The second-order valence-electron chi connectivity index (χ2n) is 3.61. The summed E-state index contributed by atoms with van der Waals surface area (Å²) < 4.78 is 7.51. The molecule has 2 rings (SSSR count). The van der Waals surface area contributed by atoms with Gasteiger partial charge in [0.15, 0.2) is 0 Å². The summed E-state index contributed by atoms with van der Waals surface area (Å²) in [4.78, 5) is 11.6. The van der Waals surface area contributed by atoms with E-state index in [-0.39, 0.29) is 12.6 Å². The summed E-state index contributed by atoms with van der Waals surface area (Å²) in [5.41, 5.74) is 1.41. The molecule has 1 aromatic carbocycles. The first kappa shape index (κ1) is 12.1. The second-order valence-corrected chi connectivity index (χ2v) is 4.53. The molecule has 0 saturated heterocycles. The van der Waals surface area contributed by atoms with Gasteiger partial charge in [-0.15, -0.1) is 0 Å². The van der Waals surface area contributed by atoms with Crippen molar-refractivity contribution < 1.29 is 14.6 Å². The molecule has 0 saturated carbocycles. The summed E-state index contributed by atoms with van der Waals surface area (Å²) in [7, 11) is 1.36.